The van der Waals surface area contributed by atoms with E-state index in [0.29, 0.717) is 0 Å². The fourth-order valence-corrected chi connectivity index (χ4v) is 5.11. The van der Waals surface area contributed by atoms with Crippen molar-refractivity contribution in [1.82, 2.24) is 0 Å². The molecule has 0 amide bonds. The molecule has 0 aliphatic carbocycles. The second kappa shape index (κ2) is 6.20. The van der Waals surface area contributed by atoms with Crippen LogP contribution in [0.25, 0.3) is 65.5 Å². The van der Waals surface area contributed by atoms with Crippen LogP contribution in [0.2, 0.25) is 0 Å². The molecule has 7 aromatic rings. The second-order valence-corrected chi connectivity index (χ2v) is 8.16. The van der Waals surface area contributed by atoms with E-state index in [4.69, 9.17) is 4.42 Å². The third kappa shape index (κ3) is 2.32. The predicted octanol–water partition coefficient (Wildman–Crippen LogP) is 8.66. The van der Waals surface area contributed by atoms with Crippen molar-refractivity contribution in [3.05, 3.63) is 109 Å². The van der Waals surface area contributed by atoms with Gasteiger partial charge in [-0.05, 0) is 55.1 Å². The van der Waals surface area contributed by atoms with Crippen LogP contribution in [0.3, 0.4) is 0 Å². The summed E-state index contributed by atoms with van der Waals surface area (Å²) in [6.07, 6.45) is 1.77. The minimum atomic E-state index is 0.947. The Morgan fingerprint density at radius 3 is 1.87 bits per heavy atom. The highest BCUT2D eigenvalue weighted by molar-refractivity contribution is 6.28. The Morgan fingerprint density at radius 1 is 0.419 bits per heavy atom. The van der Waals surface area contributed by atoms with Crippen molar-refractivity contribution >= 4 is 43.3 Å². The van der Waals surface area contributed by atoms with E-state index in [0.717, 1.165) is 16.5 Å². The summed E-state index contributed by atoms with van der Waals surface area (Å²) in [5, 5.41) is 8.92. The summed E-state index contributed by atoms with van der Waals surface area (Å²) in [7, 11) is 0. The van der Waals surface area contributed by atoms with Crippen LogP contribution < -0.4 is 0 Å². The lowest BCUT2D eigenvalue weighted by Crippen LogP contribution is -1.89. The van der Waals surface area contributed by atoms with E-state index in [2.05, 4.69) is 97.1 Å². The topological polar surface area (TPSA) is 13.1 Å². The van der Waals surface area contributed by atoms with E-state index >= 15 is 0 Å². The fourth-order valence-electron chi connectivity index (χ4n) is 5.11. The summed E-state index contributed by atoms with van der Waals surface area (Å²) >= 11 is 0. The minimum absolute atomic E-state index is 0.947. The zero-order chi connectivity index (χ0) is 20.4. The van der Waals surface area contributed by atoms with Gasteiger partial charge in [-0.15, -0.1) is 0 Å². The molecule has 1 aromatic heterocycles. The Bertz CT molecular complexity index is 1720. The molecule has 144 valence electrons. The van der Waals surface area contributed by atoms with E-state index in [9.17, 15) is 0 Å². The molecule has 6 aromatic carbocycles. The van der Waals surface area contributed by atoms with Crippen molar-refractivity contribution in [3.8, 4) is 22.3 Å². The molecule has 0 radical (unpaired) electrons. The summed E-state index contributed by atoms with van der Waals surface area (Å²) in [5.74, 6) is 0. The van der Waals surface area contributed by atoms with Crippen LogP contribution >= 0.6 is 0 Å². The van der Waals surface area contributed by atoms with Crippen molar-refractivity contribution < 1.29 is 4.42 Å². The molecule has 1 heterocycles. The first-order valence-electron chi connectivity index (χ1n) is 10.6. The normalized spacial score (nSPS) is 11.9. The summed E-state index contributed by atoms with van der Waals surface area (Å²) < 4.78 is 5.87. The SMILES string of the molecule is c1ccc(-c2ccc3ccc4c(-c5cccc6ccoc56)ccc5ccc2c3c54)cc1. The number of para-hydroxylation sites is 1. The van der Waals surface area contributed by atoms with Crippen LogP contribution in [0.15, 0.2) is 114 Å². The number of rotatable bonds is 2. The molecular formula is C30H18O. The van der Waals surface area contributed by atoms with Gasteiger partial charge >= 0.3 is 0 Å². The van der Waals surface area contributed by atoms with Gasteiger partial charge in [0, 0.05) is 10.9 Å². The third-order valence-electron chi connectivity index (χ3n) is 6.52. The zero-order valence-electron chi connectivity index (χ0n) is 16.8. The number of benzene rings is 6. The number of hydrogen-bond donors (Lipinski definition) is 0. The van der Waals surface area contributed by atoms with Gasteiger partial charge in [0.05, 0.1) is 6.26 Å². The van der Waals surface area contributed by atoms with Crippen molar-refractivity contribution in [2.75, 3.05) is 0 Å². The van der Waals surface area contributed by atoms with Crippen LogP contribution in [0, 0.1) is 0 Å². The largest absolute Gasteiger partial charge is 0.464 e. The first-order chi connectivity index (χ1) is 15.4. The van der Waals surface area contributed by atoms with Gasteiger partial charge < -0.3 is 4.42 Å². The molecule has 0 N–H and O–H groups in total. The monoisotopic (exact) mass is 394 g/mol. The maximum absolute atomic E-state index is 5.87. The number of furan rings is 1. The molecule has 7 rings (SSSR count). The molecule has 31 heavy (non-hydrogen) atoms. The smallest absolute Gasteiger partial charge is 0.141 e. The molecular weight excluding hydrogens is 376 g/mol. The van der Waals surface area contributed by atoms with E-state index in [1.54, 1.807) is 6.26 Å². The van der Waals surface area contributed by atoms with Gasteiger partial charge in [0.25, 0.3) is 0 Å². The standard InChI is InChI=1S/C30H18O/c1-2-5-19(6-3-1)23-13-9-20-12-16-26-24(27-8-4-7-22-17-18-31-30(22)27)14-10-21-11-15-25(23)28(20)29(21)26/h1-18H. The van der Waals surface area contributed by atoms with Crippen molar-refractivity contribution in [2.45, 2.75) is 0 Å². The molecule has 1 heteroatoms. The lowest BCUT2D eigenvalue weighted by Gasteiger charge is -2.16. The maximum Gasteiger partial charge on any atom is 0.141 e. The van der Waals surface area contributed by atoms with Gasteiger partial charge in [-0.2, -0.15) is 0 Å². The molecule has 0 bridgehead atoms. The Balaban J connectivity index is 1.62. The van der Waals surface area contributed by atoms with Crippen molar-refractivity contribution in [2.24, 2.45) is 0 Å². The van der Waals surface area contributed by atoms with Crippen molar-refractivity contribution in [3.63, 3.8) is 0 Å². The molecule has 0 atom stereocenters. The van der Waals surface area contributed by atoms with Crippen LogP contribution in [-0.2, 0) is 0 Å². The molecule has 0 aliphatic heterocycles. The summed E-state index contributed by atoms with van der Waals surface area (Å²) in [6.45, 7) is 0. The quantitative estimate of drug-likeness (QED) is 0.267. The van der Waals surface area contributed by atoms with E-state index in [1.165, 1.54) is 49.0 Å². The highest BCUT2D eigenvalue weighted by Crippen LogP contribution is 2.43. The molecule has 1 nitrogen and oxygen atoms in total. The van der Waals surface area contributed by atoms with Crippen LogP contribution in [0.4, 0.5) is 0 Å². The maximum atomic E-state index is 5.87. The summed E-state index contributed by atoms with van der Waals surface area (Å²) in [6, 6.07) is 37.1. The first kappa shape index (κ1) is 16.7. The highest BCUT2D eigenvalue weighted by Gasteiger charge is 2.16. The average molecular weight is 394 g/mol. The summed E-state index contributed by atoms with van der Waals surface area (Å²) in [4.78, 5) is 0. The lowest BCUT2D eigenvalue weighted by molar-refractivity contribution is 0.617. The van der Waals surface area contributed by atoms with Gasteiger partial charge in [0.15, 0.2) is 0 Å². The Labute approximate surface area is 179 Å². The Hall–Kier alpha value is -4.10. The second-order valence-electron chi connectivity index (χ2n) is 8.16. The number of hydrogen-bond acceptors (Lipinski definition) is 1. The number of fused-ring (bicyclic) bond motifs is 1. The Morgan fingerprint density at radius 2 is 1.10 bits per heavy atom. The zero-order valence-corrected chi connectivity index (χ0v) is 16.8. The van der Waals surface area contributed by atoms with Gasteiger partial charge in [-0.3, -0.25) is 0 Å². The van der Waals surface area contributed by atoms with Gasteiger partial charge in [-0.25, -0.2) is 0 Å². The minimum Gasteiger partial charge on any atom is -0.464 e. The van der Waals surface area contributed by atoms with Gasteiger partial charge in [0.2, 0.25) is 0 Å². The van der Waals surface area contributed by atoms with E-state index < -0.39 is 0 Å². The lowest BCUT2D eigenvalue weighted by atomic mass is 9.87. The van der Waals surface area contributed by atoms with E-state index in [-0.39, 0.29) is 0 Å². The van der Waals surface area contributed by atoms with Gasteiger partial charge in [-0.1, -0.05) is 97.1 Å². The Kier molecular flexibility index (Phi) is 3.33. The van der Waals surface area contributed by atoms with Crippen LogP contribution in [-0.4, -0.2) is 0 Å². The molecule has 0 aliphatic rings. The molecule has 0 saturated heterocycles. The van der Waals surface area contributed by atoms with Gasteiger partial charge in [0.1, 0.15) is 5.58 Å². The molecule has 0 spiro atoms. The molecule has 0 saturated carbocycles. The van der Waals surface area contributed by atoms with Crippen LogP contribution in [0.5, 0.6) is 0 Å². The predicted molar refractivity (Wildman–Crippen MR) is 131 cm³/mol. The van der Waals surface area contributed by atoms with Crippen molar-refractivity contribution in [1.29, 1.82) is 0 Å². The average Bonchev–Trinajstić information content (AvgIpc) is 3.32. The molecule has 0 fully saturated rings. The first-order valence-corrected chi connectivity index (χ1v) is 10.6. The summed E-state index contributed by atoms with van der Waals surface area (Å²) in [5.41, 5.74) is 5.83. The highest BCUT2D eigenvalue weighted by atomic mass is 16.3. The van der Waals surface area contributed by atoms with Crippen LogP contribution in [0.1, 0.15) is 0 Å². The molecule has 0 unspecified atom stereocenters. The van der Waals surface area contributed by atoms with E-state index in [1.807, 2.05) is 6.07 Å². The third-order valence-corrected chi connectivity index (χ3v) is 6.52. The fraction of sp³-hybridized carbons (Fsp3) is 0.